The van der Waals surface area contributed by atoms with E-state index in [9.17, 15) is 9.59 Å². The standard InChI is InChI=1S/C19H22N2O3/c1-21-12-18(24-13-14-6-3-2-4-7-14)17(22)10-16(21)11-20-19(23)15-8-5-9-15/h2-4,6-7,10,12,15H,5,8-9,11,13H2,1H3,(H,20,23). The summed E-state index contributed by atoms with van der Waals surface area (Å²) >= 11 is 0. The summed E-state index contributed by atoms with van der Waals surface area (Å²) in [5.41, 5.74) is 1.60. The van der Waals surface area contributed by atoms with Crippen LogP contribution >= 0.6 is 0 Å². The summed E-state index contributed by atoms with van der Waals surface area (Å²) in [6, 6.07) is 11.2. The van der Waals surface area contributed by atoms with E-state index in [4.69, 9.17) is 4.74 Å². The average molecular weight is 326 g/mol. The first-order valence-corrected chi connectivity index (χ1v) is 8.27. The first-order chi connectivity index (χ1) is 11.6. The van der Waals surface area contributed by atoms with Gasteiger partial charge in [-0.1, -0.05) is 36.8 Å². The third-order valence-electron chi connectivity index (χ3n) is 4.46. The number of aryl methyl sites for hydroxylation is 1. The molecule has 1 heterocycles. The normalized spacial score (nSPS) is 14.0. The minimum absolute atomic E-state index is 0.0816. The van der Waals surface area contributed by atoms with Gasteiger partial charge in [-0.25, -0.2) is 0 Å². The van der Waals surface area contributed by atoms with E-state index in [1.54, 1.807) is 6.20 Å². The molecule has 0 saturated heterocycles. The highest BCUT2D eigenvalue weighted by Crippen LogP contribution is 2.26. The van der Waals surface area contributed by atoms with Crippen molar-refractivity contribution in [2.45, 2.75) is 32.4 Å². The van der Waals surface area contributed by atoms with Crippen molar-refractivity contribution < 1.29 is 9.53 Å². The Balaban J connectivity index is 1.62. The number of hydrogen-bond acceptors (Lipinski definition) is 3. The maximum absolute atomic E-state index is 12.2. The number of pyridine rings is 1. The molecule has 1 aliphatic carbocycles. The molecule has 0 aliphatic heterocycles. The lowest BCUT2D eigenvalue weighted by Gasteiger charge is -2.24. The molecule has 1 N–H and O–H groups in total. The van der Waals surface area contributed by atoms with Gasteiger partial charge in [0, 0.05) is 24.7 Å². The number of nitrogens with one attached hydrogen (secondary N) is 1. The molecule has 0 spiro atoms. The van der Waals surface area contributed by atoms with E-state index in [1.807, 2.05) is 41.9 Å². The number of ether oxygens (including phenoxy) is 1. The molecule has 1 saturated carbocycles. The number of benzene rings is 1. The van der Waals surface area contributed by atoms with Crippen LogP contribution in [-0.2, 0) is 25.0 Å². The van der Waals surface area contributed by atoms with Crippen molar-refractivity contribution in [3.05, 3.63) is 64.1 Å². The third-order valence-corrected chi connectivity index (χ3v) is 4.46. The van der Waals surface area contributed by atoms with E-state index in [0.29, 0.717) is 18.9 Å². The molecule has 1 aromatic heterocycles. The molecule has 2 aromatic rings. The Kier molecular flexibility index (Phi) is 4.99. The molecule has 1 aliphatic rings. The number of nitrogens with zero attached hydrogens (tertiary/aromatic N) is 1. The first kappa shape index (κ1) is 16.3. The van der Waals surface area contributed by atoms with Crippen LogP contribution < -0.4 is 15.5 Å². The van der Waals surface area contributed by atoms with Gasteiger partial charge < -0.3 is 14.6 Å². The van der Waals surface area contributed by atoms with E-state index in [-0.39, 0.29) is 17.3 Å². The highest BCUT2D eigenvalue weighted by atomic mass is 16.5. The van der Waals surface area contributed by atoms with Gasteiger partial charge >= 0.3 is 0 Å². The van der Waals surface area contributed by atoms with Crippen LogP contribution in [0, 0.1) is 5.92 Å². The van der Waals surface area contributed by atoms with E-state index < -0.39 is 0 Å². The van der Waals surface area contributed by atoms with Crippen LogP contribution in [0.15, 0.2) is 47.4 Å². The van der Waals surface area contributed by atoms with Crippen molar-refractivity contribution >= 4 is 5.91 Å². The number of amides is 1. The molecule has 1 amide bonds. The Bertz CT molecular complexity index is 764. The van der Waals surface area contributed by atoms with E-state index >= 15 is 0 Å². The summed E-state index contributed by atoms with van der Waals surface area (Å²) in [5, 5.41) is 2.91. The summed E-state index contributed by atoms with van der Waals surface area (Å²) in [7, 11) is 1.85. The average Bonchev–Trinajstić information content (AvgIpc) is 2.53. The van der Waals surface area contributed by atoms with Crippen LogP contribution in [-0.4, -0.2) is 10.5 Å². The Morgan fingerprint density at radius 2 is 2.04 bits per heavy atom. The fourth-order valence-electron chi connectivity index (χ4n) is 2.66. The molecule has 5 nitrogen and oxygen atoms in total. The molecule has 0 radical (unpaired) electrons. The highest BCUT2D eigenvalue weighted by Gasteiger charge is 2.24. The smallest absolute Gasteiger partial charge is 0.223 e. The number of rotatable bonds is 6. The maximum atomic E-state index is 12.2. The summed E-state index contributed by atoms with van der Waals surface area (Å²) in [4.78, 5) is 24.1. The van der Waals surface area contributed by atoms with Crippen LogP contribution in [0.1, 0.15) is 30.5 Å². The zero-order valence-corrected chi connectivity index (χ0v) is 13.8. The molecule has 0 unspecified atom stereocenters. The van der Waals surface area contributed by atoms with Gasteiger partial charge in [0.1, 0.15) is 6.61 Å². The van der Waals surface area contributed by atoms with Gasteiger partial charge in [-0.3, -0.25) is 9.59 Å². The molecule has 5 heteroatoms. The van der Waals surface area contributed by atoms with Gasteiger partial charge in [0.25, 0.3) is 0 Å². The first-order valence-electron chi connectivity index (χ1n) is 8.27. The van der Waals surface area contributed by atoms with E-state index in [2.05, 4.69) is 5.32 Å². The molecular weight excluding hydrogens is 304 g/mol. The summed E-state index contributed by atoms with van der Waals surface area (Å²) in [5.74, 6) is 0.545. The Morgan fingerprint density at radius 3 is 2.71 bits per heavy atom. The predicted octanol–water partition coefficient (Wildman–Crippen LogP) is 2.38. The third kappa shape index (κ3) is 3.85. The second-order valence-corrected chi connectivity index (χ2v) is 6.22. The zero-order chi connectivity index (χ0) is 16.9. The van der Waals surface area contributed by atoms with E-state index in [1.165, 1.54) is 6.07 Å². The van der Waals surface area contributed by atoms with Crippen molar-refractivity contribution in [1.82, 2.24) is 9.88 Å². The fraction of sp³-hybridized carbons (Fsp3) is 0.368. The van der Waals surface area contributed by atoms with Crippen molar-refractivity contribution in [3.8, 4) is 5.75 Å². The van der Waals surface area contributed by atoms with Crippen LogP contribution in [0.3, 0.4) is 0 Å². The SMILES string of the molecule is Cn1cc(OCc2ccccc2)c(=O)cc1CNC(=O)C1CCC1. The number of carbonyl (C=O) groups is 1. The summed E-state index contributed by atoms with van der Waals surface area (Å²) in [6.07, 6.45) is 4.74. The van der Waals surface area contributed by atoms with E-state index in [0.717, 1.165) is 30.5 Å². The molecule has 3 rings (SSSR count). The van der Waals surface area contributed by atoms with Gasteiger partial charge in [0.15, 0.2) is 5.75 Å². The Hall–Kier alpha value is -2.56. The molecule has 1 aromatic carbocycles. The van der Waals surface area contributed by atoms with Gasteiger partial charge in [0.05, 0.1) is 12.7 Å². The maximum Gasteiger partial charge on any atom is 0.223 e. The second kappa shape index (κ2) is 7.34. The van der Waals surface area contributed by atoms with Crippen LogP contribution in [0.2, 0.25) is 0 Å². The topological polar surface area (TPSA) is 60.3 Å². The van der Waals surface area contributed by atoms with Gasteiger partial charge in [-0.2, -0.15) is 0 Å². The van der Waals surface area contributed by atoms with Crippen LogP contribution in [0.25, 0.3) is 0 Å². The summed E-state index contributed by atoms with van der Waals surface area (Å²) in [6.45, 7) is 0.716. The molecule has 1 fully saturated rings. The molecular formula is C19H22N2O3. The monoisotopic (exact) mass is 326 g/mol. The van der Waals surface area contributed by atoms with Crippen LogP contribution in [0.5, 0.6) is 5.75 Å². The van der Waals surface area contributed by atoms with Crippen molar-refractivity contribution in [3.63, 3.8) is 0 Å². The molecule has 24 heavy (non-hydrogen) atoms. The lowest BCUT2D eigenvalue weighted by atomic mass is 9.85. The van der Waals surface area contributed by atoms with Crippen molar-refractivity contribution in [2.24, 2.45) is 13.0 Å². The van der Waals surface area contributed by atoms with Crippen molar-refractivity contribution in [2.75, 3.05) is 0 Å². The minimum atomic E-state index is -0.170. The molecule has 126 valence electrons. The largest absolute Gasteiger partial charge is 0.483 e. The predicted molar refractivity (Wildman–Crippen MR) is 91.6 cm³/mol. The fourth-order valence-corrected chi connectivity index (χ4v) is 2.66. The van der Waals surface area contributed by atoms with Crippen molar-refractivity contribution in [1.29, 1.82) is 0 Å². The Labute approximate surface area is 141 Å². The van der Waals surface area contributed by atoms with Gasteiger partial charge in [-0.15, -0.1) is 0 Å². The zero-order valence-electron chi connectivity index (χ0n) is 13.8. The summed E-state index contributed by atoms with van der Waals surface area (Å²) < 4.78 is 7.45. The Morgan fingerprint density at radius 1 is 1.29 bits per heavy atom. The minimum Gasteiger partial charge on any atom is -0.483 e. The second-order valence-electron chi connectivity index (χ2n) is 6.22. The molecule has 0 atom stereocenters. The number of carbonyl (C=O) groups excluding carboxylic acids is 1. The lowest BCUT2D eigenvalue weighted by Crippen LogP contribution is -2.34. The molecule has 0 bridgehead atoms. The van der Waals surface area contributed by atoms with Gasteiger partial charge in [-0.05, 0) is 18.4 Å². The van der Waals surface area contributed by atoms with Gasteiger partial charge in [0.2, 0.25) is 11.3 Å². The number of hydrogen-bond donors (Lipinski definition) is 1. The quantitative estimate of drug-likeness (QED) is 0.886. The lowest BCUT2D eigenvalue weighted by molar-refractivity contribution is -0.127. The number of aromatic nitrogens is 1. The van der Waals surface area contributed by atoms with Crippen LogP contribution in [0.4, 0.5) is 0 Å². The highest BCUT2D eigenvalue weighted by molar-refractivity contribution is 5.79.